The molecule has 1 saturated carbocycles. The van der Waals surface area contributed by atoms with E-state index in [-0.39, 0.29) is 35.2 Å². The van der Waals surface area contributed by atoms with Crippen LogP contribution in [-0.4, -0.2) is 25.5 Å². The predicted octanol–water partition coefficient (Wildman–Crippen LogP) is 3.05. The quantitative estimate of drug-likeness (QED) is 0.331. The predicted molar refractivity (Wildman–Crippen MR) is 113 cm³/mol. The zero-order valence-corrected chi connectivity index (χ0v) is 17.5. The molecule has 0 saturated heterocycles. The van der Waals surface area contributed by atoms with Crippen LogP contribution in [-0.2, 0) is 12.0 Å². The second-order valence-electron chi connectivity index (χ2n) is 6.20. The molecule has 140 valence electrons. The van der Waals surface area contributed by atoms with E-state index >= 15 is 0 Å². The number of hydrogen-bond acceptors (Lipinski definition) is 3. The average Bonchev–Trinajstić information content (AvgIpc) is 3.24. The molecule has 0 unspecified atom stereocenters. The molecule has 1 aromatic carbocycles. The molecular formula is C18H22ClIN4O2. The lowest BCUT2D eigenvalue weighted by Gasteiger charge is -2.19. The van der Waals surface area contributed by atoms with Gasteiger partial charge >= 0.3 is 0 Å². The van der Waals surface area contributed by atoms with Crippen LogP contribution in [0.1, 0.15) is 34.7 Å². The van der Waals surface area contributed by atoms with Crippen LogP contribution >= 0.6 is 35.6 Å². The lowest BCUT2D eigenvalue weighted by Crippen LogP contribution is -2.40. The number of primary amides is 1. The van der Waals surface area contributed by atoms with Crippen molar-refractivity contribution in [2.45, 2.75) is 24.8 Å². The van der Waals surface area contributed by atoms with Crippen LogP contribution < -0.4 is 16.4 Å². The smallest absolute Gasteiger partial charge is 0.284 e. The van der Waals surface area contributed by atoms with Gasteiger partial charge in [0.15, 0.2) is 11.7 Å². The number of halogens is 2. The molecule has 6 nitrogen and oxygen atoms in total. The highest BCUT2D eigenvalue weighted by Crippen LogP contribution is 2.48. The molecule has 1 heterocycles. The minimum absolute atomic E-state index is 0. The van der Waals surface area contributed by atoms with Crippen molar-refractivity contribution in [2.75, 3.05) is 13.6 Å². The third-order valence-corrected chi connectivity index (χ3v) is 4.68. The van der Waals surface area contributed by atoms with Gasteiger partial charge in [0, 0.05) is 24.0 Å². The van der Waals surface area contributed by atoms with Crippen LogP contribution in [0, 0.1) is 0 Å². The summed E-state index contributed by atoms with van der Waals surface area (Å²) in [6.45, 7) is 1.19. The Morgan fingerprint density at radius 3 is 2.65 bits per heavy atom. The minimum Gasteiger partial charge on any atom is -0.454 e. The molecule has 1 aromatic heterocycles. The van der Waals surface area contributed by atoms with E-state index in [4.69, 9.17) is 21.8 Å². The fourth-order valence-corrected chi connectivity index (χ4v) is 2.98. The number of carbonyl (C=O) groups excluding carboxylic acids is 1. The highest BCUT2D eigenvalue weighted by atomic mass is 127. The Labute approximate surface area is 174 Å². The second kappa shape index (κ2) is 8.77. The SMILES string of the molecule is CN=C(NCc1ccc(C(N)=O)o1)NCC1(c2cccc(Cl)c2)CC1.I. The maximum atomic E-state index is 11.0. The van der Waals surface area contributed by atoms with Crippen LogP contribution in [0.15, 0.2) is 45.8 Å². The van der Waals surface area contributed by atoms with Crippen molar-refractivity contribution in [3.63, 3.8) is 0 Å². The highest BCUT2D eigenvalue weighted by Gasteiger charge is 2.44. The third-order valence-electron chi connectivity index (χ3n) is 4.44. The highest BCUT2D eigenvalue weighted by molar-refractivity contribution is 14.0. The molecule has 0 bridgehead atoms. The van der Waals surface area contributed by atoms with E-state index in [0.717, 1.165) is 24.4 Å². The minimum atomic E-state index is -0.578. The molecule has 0 aliphatic heterocycles. The summed E-state index contributed by atoms with van der Waals surface area (Å²) in [6, 6.07) is 11.3. The summed E-state index contributed by atoms with van der Waals surface area (Å²) < 4.78 is 5.35. The van der Waals surface area contributed by atoms with Gasteiger partial charge in [0.1, 0.15) is 5.76 Å². The number of furan rings is 1. The largest absolute Gasteiger partial charge is 0.454 e. The second-order valence-corrected chi connectivity index (χ2v) is 6.64. The summed E-state index contributed by atoms with van der Waals surface area (Å²) in [5.74, 6) is 0.863. The number of carbonyl (C=O) groups is 1. The van der Waals surface area contributed by atoms with E-state index in [9.17, 15) is 4.79 Å². The summed E-state index contributed by atoms with van der Waals surface area (Å²) >= 11 is 6.11. The van der Waals surface area contributed by atoms with Gasteiger partial charge in [-0.2, -0.15) is 0 Å². The maximum absolute atomic E-state index is 11.0. The van der Waals surface area contributed by atoms with Crippen molar-refractivity contribution < 1.29 is 9.21 Å². The van der Waals surface area contributed by atoms with Gasteiger partial charge < -0.3 is 20.8 Å². The molecule has 0 radical (unpaired) electrons. The van der Waals surface area contributed by atoms with Gasteiger partial charge in [0.05, 0.1) is 6.54 Å². The summed E-state index contributed by atoms with van der Waals surface area (Å²) in [5, 5.41) is 7.28. The number of nitrogens with zero attached hydrogens (tertiary/aromatic N) is 1. The molecule has 0 spiro atoms. The van der Waals surface area contributed by atoms with Crippen molar-refractivity contribution in [3.05, 3.63) is 58.5 Å². The van der Waals surface area contributed by atoms with Crippen molar-refractivity contribution in [3.8, 4) is 0 Å². The number of benzene rings is 1. The molecule has 1 amide bonds. The number of amides is 1. The van der Waals surface area contributed by atoms with Gasteiger partial charge in [-0.05, 0) is 42.7 Å². The molecule has 4 N–H and O–H groups in total. The molecule has 8 heteroatoms. The van der Waals surface area contributed by atoms with Crippen LogP contribution in [0.25, 0.3) is 0 Å². The van der Waals surface area contributed by atoms with Crippen molar-refractivity contribution in [1.29, 1.82) is 0 Å². The van der Waals surface area contributed by atoms with E-state index in [1.165, 1.54) is 5.56 Å². The van der Waals surface area contributed by atoms with Crippen molar-refractivity contribution in [1.82, 2.24) is 10.6 Å². The van der Waals surface area contributed by atoms with Gasteiger partial charge in [0.2, 0.25) is 0 Å². The van der Waals surface area contributed by atoms with Crippen LogP contribution in [0.5, 0.6) is 0 Å². The van der Waals surface area contributed by atoms with Gasteiger partial charge in [-0.3, -0.25) is 9.79 Å². The molecular weight excluding hydrogens is 467 g/mol. The summed E-state index contributed by atoms with van der Waals surface area (Å²) in [5.41, 5.74) is 6.55. The fraction of sp³-hybridized carbons (Fsp3) is 0.333. The number of rotatable bonds is 6. The van der Waals surface area contributed by atoms with E-state index in [1.807, 2.05) is 18.2 Å². The first kappa shape index (κ1) is 20.6. The molecule has 1 aliphatic carbocycles. The molecule has 26 heavy (non-hydrogen) atoms. The van der Waals surface area contributed by atoms with Crippen LogP contribution in [0.2, 0.25) is 5.02 Å². The summed E-state index contributed by atoms with van der Waals surface area (Å²) in [4.78, 5) is 15.3. The third kappa shape index (κ3) is 4.91. The van der Waals surface area contributed by atoms with Gasteiger partial charge in [0.25, 0.3) is 5.91 Å². The Morgan fingerprint density at radius 1 is 1.31 bits per heavy atom. The number of guanidine groups is 1. The molecule has 1 aliphatic rings. The number of nitrogens with two attached hydrogens (primary N) is 1. The lowest BCUT2D eigenvalue weighted by atomic mass is 9.96. The monoisotopic (exact) mass is 488 g/mol. The number of nitrogens with one attached hydrogen (secondary N) is 2. The normalized spacial score (nSPS) is 15.1. The van der Waals surface area contributed by atoms with Gasteiger partial charge in [-0.1, -0.05) is 23.7 Å². The van der Waals surface area contributed by atoms with Gasteiger partial charge in [-0.25, -0.2) is 0 Å². The first-order valence-corrected chi connectivity index (χ1v) is 8.49. The zero-order chi connectivity index (χ0) is 17.9. The molecule has 1 fully saturated rings. The van der Waals surface area contributed by atoms with Crippen molar-refractivity contribution in [2.24, 2.45) is 10.7 Å². The van der Waals surface area contributed by atoms with Crippen molar-refractivity contribution >= 4 is 47.4 Å². The number of aliphatic imine (C=N–C) groups is 1. The Hall–Kier alpha value is -1.74. The van der Waals surface area contributed by atoms with E-state index in [1.54, 1.807) is 19.2 Å². The van der Waals surface area contributed by atoms with E-state index in [0.29, 0.717) is 18.3 Å². The maximum Gasteiger partial charge on any atom is 0.284 e. The topological polar surface area (TPSA) is 92.6 Å². The van der Waals surface area contributed by atoms with E-state index in [2.05, 4.69) is 21.7 Å². The molecule has 3 rings (SSSR count). The Kier molecular flexibility index (Phi) is 6.94. The number of hydrogen-bond donors (Lipinski definition) is 3. The summed E-state index contributed by atoms with van der Waals surface area (Å²) in [6.07, 6.45) is 2.25. The molecule has 0 atom stereocenters. The Morgan fingerprint density at radius 2 is 2.08 bits per heavy atom. The van der Waals surface area contributed by atoms with Crippen LogP contribution in [0.4, 0.5) is 0 Å². The fourth-order valence-electron chi connectivity index (χ4n) is 2.79. The van der Waals surface area contributed by atoms with Crippen LogP contribution in [0.3, 0.4) is 0 Å². The van der Waals surface area contributed by atoms with E-state index < -0.39 is 5.91 Å². The first-order valence-electron chi connectivity index (χ1n) is 8.11. The lowest BCUT2D eigenvalue weighted by molar-refractivity contribution is 0.0972. The average molecular weight is 489 g/mol. The first-order chi connectivity index (χ1) is 12.0. The summed E-state index contributed by atoms with van der Waals surface area (Å²) in [7, 11) is 1.71. The zero-order valence-electron chi connectivity index (χ0n) is 14.4. The standard InChI is InChI=1S/C18H21ClN4O2.HI/c1-21-17(22-10-14-5-6-15(25-14)16(20)24)23-11-18(7-8-18)12-3-2-4-13(19)9-12;/h2-6,9H,7-8,10-11H2,1H3,(H2,20,24)(H2,21,22,23);1H. The molecule has 2 aromatic rings. The van der Waals surface area contributed by atoms with Gasteiger partial charge in [-0.15, -0.1) is 24.0 Å². The Balaban J connectivity index is 0.00000243. The Bertz CT molecular complexity index is 802.